The van der Waals surface area contributed by atoms with Crippen LogP contribution in [-0.2, 0) is 16.5 Å². The van der Waals surface area contributed by atoms with E-state index in [1.54, 1.807) is 0 Å². The van der Waals surface area contributed by atoms with Gasteiger partial charge in [-0.3, -0.25) is 9.78 Å². The molecule has 0 saturated carbocycles. The third kappa shape index (κ3) is 3.12. The van der Waals surface area contributed by atoms with Crippen molar-refractivity contribution in [2.24, 2.45) is 0 Å². The highest BCUT2D eigenvalue weighted by molar-refractivity contribution is 9.08. The lowest BCUT2D eigenvalue weighted by Gasteiger charge is -2.10. The molecule has 88 valence electrons. The van der Waals surface area contributed by atoms with E-state index in [1.165, 1.54) is 6.07 Å². The summed E-state index contributed by atoms with van der Waals surface area (Å²) in [6.45, 7) is 0. The Kier molecular flexibility index (Phi) is 4.61. The summed E-state index contributed by atoms with van der Waals surface area (Å²) in [6, 6.07) is 1.29. The van der Waals surface area contributed by atoms with Crippen LogP contribution in [0, 0.1) is 0 Å². The molecule has 0 atom stereocenters. The van der Waals surface area contributed by atoms with E-state index < -0.39 is 24.4 Å². The second kappa shape index (κ2) is 5.54. The Morgan fingerprint density at radius 2 is 2.25 bits per heavy atom. The number of pyridine rings is 1. The van der Waals surface area contributed by atoms with E-state index in [9.17, 15) is 13.6 Å². The van der Waals surface area contributed by atoms with Gasteiger partial charge in [0.25, 0.3) is 6.43 Å². The molecule has 0 aliphatic rings. The standard InChI is InChI=1S/C9H7BrClF2NO2/c10-3-4-1-5(11)8(9(12)13)6(14-4)2-7(15)16/h1,9H,2-3H2,(H,15,16). The van der Waals surface area contributed by atoms with Crippen LogP contribution in [0.15, 0.2) is 6.07 Å². The largest absolute Gasteiger partial charge is 0.481 e. The molecule has 1 aromatic heterocycles. The van der Waals surface area contributed by atoms with Crippen molar-refractivity contribution in [3.8, 4) is 0 Å². The molecule has 0 unspecified atom stereocenters. The van der Waals surface area contributed by atoms with Crippen molar-refractivity contribution in [1.82, 2.24) is 4.98 Å². The number of carbonyl (C=O) groups is 1. The number of carboxylic acid groups (broad SMARTS) is 1. The number of aromatic nitrogens is 1. The molecule has 0 fully saturated rings. The smallest absolute Gasteiger partial charge is 0.309 e. The average Bonchev–Trinajstić information content (AvgIpc) is 2.14. The lowest BCUT2D eigenvalue weighted by atomic mass is 10.1. The highest BCUT2D eigenvalue weighted by Crippen LogP contribution is 2.30. The summed E-state index contributed by atoms with van der Waals surface area (Å²) >= 11 is 8.76. The fourth-order valence-corrected chi connectivity index (χ4v) is 1.81. The minimum absolute atomic E-state index is 0.157. The van der Waals surface area contributed by atoms with E-state index in [0.29, 0.717) is 11.0 Å². The van der Waals surface area contributed by atoms with E-state index in [0.717, 1.165) is 0 Å². The third-order valence-electron chi connectivity index (χ3n) is 1.81. The van der Waals surface area contributed by atoms with Gasteiger partial charge >= 0.3 is 5.97 Å². The van der Waals surface area contributed by atoms with E-state index in [4.69, 9.17) is 16.7 Å². The molecule has 0 aliphatic heterocycles. The molecule has 0 amide bonds. The highest BCUT2D eigenvalue weighted by atomic mass is 79.9. The maximum absolute atomic E-state index is 12.6. The fraction of sp³-hybridized carbons (Fsp3) is 0.333. The molecule has 0 bridgehead atoms. The summed E-state index contributed by atoms with van der Waals surface area (Å²) in [5.41, 5.74) is -0.274. The number of halogens is 4. The minimum atomic E-state index is -2.83. The quantitative estimate of drug-likeness (QED) is 0.868. The number of hydrogen-bond acceptors (Lipinski definition) is 2. The normalized spacial score (nSPS) is 10.8. The van der Waals surface area contributed by atoms with E-state index >= 15 is 0 Å². The fourth-order valence-electron chi connectivity index (χ4n) is 1.20. The lowest BCUT2D eigenvalue weighted by Crippen LogP contribution is -2.08. The van der Waals surface area contributed by atoms with Gasteiger partial charge in [-0.1, -0.05) is 27.5 Å². The van der Waals surface area contributed by atoms with Crippen LogP contribution >= 0.6 is 27.5 Å². The van der Waals surface area contributed by atoms with Crippen LogP contribution in [0.4, 0.5) is 8.78 Å². The first-order valence-electron chi connectivity index (χ1n) is 4.19. The number of alkyl halides is 3. The molecule has 0 aliphatic carbocycles. The molecule has 7 heteroatoms. The van der Waals surface area contributed by atoms with Gasteiger partial charge < -0.3 is 5.11 Å². The number of carboxylic acids is 1. The molecule has 3 nitrogen and oxygen atoms in total. The topological polar surface area (TPSA) is 50.2 Å². The Balaban J connectivity index is 3.28. The van der Waals surface area contributed by atoms with Crippen LogP contribution in [0.3, 0.4) is 0 Å². The molecule has 1 rings (SSSR count). The number of rotatable bonds is 4. The van der Waals surface area contributed by atoms with Crippen molar-refractivity contribution < 1.29 is 18.7 Å². The maximum atomic E-state index is 12.6. The molecule has 1 N–H and O–H groups in total. The first-order chi connectivity index (χ1) is 7.45. The molecule has 0 saturated heterocycles. The van der Waals surface area contributed by atoms with Crippen molar-refractivity contribution >= 4 is 33.5 Å². The van der Waals surface area contributed by atoms with E-state index in [-0.39, 0.29) is 10.7 Å². The van der Waals surface area contributed by atoms with Crippen LogP contribution in [0.2, 0.25) is 5.02 Å². The van der Waals surface area contributed by atoms with Gasteiger partial charge in [-0.05, 0) is 6.07 Å². The second-order valence-corrected chi connectivity index (χ2v) is 3.93. The van der Waals surface area contributed by atoms with Crippen LogP contribution < -0.4 is 0 Å². The average molecular weight is 315 g/mol. The minimum Gasteiger partial charge on any atom is -0.481 e. The van der Waals surface area contributed by atoms with E-state index in [1.807, 2.05) is 0 Å². The van der Waals surface area contributed by atoms with Crippen LogP contribution in [0.25, 0.3) is 0 Å². The Morgan fingerprint density at radius 1 is 1.62 bits per heavy atom. The van der Waals surface area contributed by atoms with Crippen molar-refractivity contribution in [3.63, 3.8) is 0 Å². The van der Waals surface area contributed by atoms with Crippen LogP contribution in [-0.4, -0.2) is 16.1 Å². The Labute approximate surface area is 104 Å². The number of aliphatic carboxylic acids is 1. The molecule has 0 spiro atoms. The highest BCUT2D eigenvalue weighted by Gasteiger charge is 2.21. The van der Waals surface area contributed by atoms with Crippen LogP contribution in [0.1, 0.15) is 23.4 Å². The first kappa shape index (κ1) is 13.3. The summed E-state index contributed by atoms with van der Waals surface area (Å²) < 4.78 is 25.3. The van der Waals surface area contributed by atoms with Crippen molar-refractivity contribution in [2.45, 2.75) is 18.2 Å². The zero-order valence-electron chi connectivity index (χ0n) is 7.88. The van der Waals surface area contributed by atoms with Crippen molar-refractivity contribution in [3.05, 3.63) is 28.0 Å². The molecule has 0 aromatic carbocycles. The van der Waals surface area contributed by atoms with Crippen molar-refractivity contribution in [1.29, 1.82) is 0 Å². The second-order valence-electron chi connectivity index (χ2n) is 2.96. The van der Waals surface area contributed by atoms with Gasteiger partial charge in [0.05, 0.1) is 28.4 Å². The molecule has 0 radical (unpaired) electrons. The molecule has 16 heavy (non-hydrogen) atoms. The van der Waals surface area contributed by atoms with Gasteiger partial charge in [0.1, 0.15) is 0 Å². The predicted molar refractivity (Wildman–Crippen MR) is 58.2 cm³/mol. The SMILES string of the molecule is O=C(O)Cc1nc(CBr)cc(Cl)c1C(F)F. The molecular formula is C9H7BrClF2NO2. The molecule has 1 aromatic rings. The summed E-state index contributed by atoms with van der Waals surface area (Å²) in [5, 5.41) is 8.75. The number of nitrogens with zero attached hydrogens (tertiary/aromatic N) is 1. The lowest BCUT2D eigenvalue weighted by molar-refractivity contribution is -0.136. The van der Waals surface area contributed by atoms with Crippen molar-refractivity contribution in [2.75, 3.05) is 0 Å². The van der Waals surface area contributed by atoms with Gasteiger partial charge in [0.2, 0.25) is 0 Å². The first-order valence-corrected chi connectivity index (χ1v) is 5.69. The monoisotopic (exact) mass is 313 g/mol. The maximum Gasteiger partial charge on any atom is 0.309 e. The number of hydrogen-bond donors (Lipinski definition) is 1. The summed E-state index contributed by atoms with van der Waals surface area (Å²) in [4.78, 5) is 14.3. The zero-order chi connectivity index (χ0) is 12.3. The van der Waals surface area contributed by atoms with Gasteiger partial charge in [-0.2, -0.15) is 0 Å². The summed E-state index contributed by atoms with van der Waals surface area (Å²) in [7, 11) is 0. The van der Waals surface area contributed by atoms with Gasteiger partial charge in [-0.15, -0.1) is 0 Å². The van der Waals surface area contributed by atoms with Gasteiger partial charge in [-0.25, -0.2) is 8.78 Å². The van der Waals surface area contributed by atoms with E-state index in [2.05, 4.69) is 20.9 Å². The molecular weight excluding hydrogens is 307 g/mol. The van der Waals surface area contributed by atoms with Gasteiger partial charge in [0, 0.05) is 5.33 Å². The predicted octanol–water partition coefficient (Wildman–Crippen LogP) is 3.19. The zero-order valence-corrected chi connectivity index (χ0v) is 10.2. The Morgan fingerprint density at radius 3 is 2.69 bits per heavy atom. The van der Waals surface area contributed by atoms with Gasteiger partial charge in [0.15, 0.2) is 0 Å². The summed E-state index contributed by atoms with van der Waals surface area (Å²) in [6.07, 6.45) is -3.40. The Hall–Kier alpha value is -0.750. The summed E-state index contributed by atoms with van der Waals surface area (Å²) in [5.74, 6) is -1.22. The molecule has 1 heterocycles. The van der Waals surface area contributed by atoms with Crippen LogP contribution in [0.5, 0.6) is 0 Å². The third-order valence-corrected chi connectivity index (χ3v) is 2.70. The Bertz CT molecular complexity index is 415.